The number of amides is 1. The van der Waals surface area contributed by atoms with Crippen LogP contribution in [0, 0.1) is 5.92 Å². The molecule has 0 unspecified atom stereocenters. The van der Waals surface area contributed by atoms with Gasteiger partial charge in [-0.15, -0.1) is 0 Å². The van der Waals surface area contributed by atoms with Crippen molar-refractivity contribution in [2.24, 2.45) is 13.0 Å². The van der Waals surface area contributed by atoms with Gasteiger partial charge in [-0.25, -0.2) is 0 Å². The van der Waals surface area contributed by atoms with E-state index < -0.39 is 5.97 Å². The van der Waals surface area contributed by atoms with E-state index in [-0.39, 0.29) is 17.9 Å². The van der Waals surface area contributed by atoms with Gasteiger partial charge in [0.15, 0.2) is 0 Å². The van der Waals surface area contributed by atoms with Crippen molar-refractivity contribution in [3.63, 3.8) is 0 Å². The lowest BCUT2D eigenvalue weighted by atomic mass is 10.1. The molecule has 1 aromatic heterocycles. The van der Waals surface area contributed by atoms with Crippen molar-refractivity contribution in [1.29, 1.82) is 0 Å². The van der Waals surface area contributed by atoms with Gasteiger partial charge in [0, 0.05) is 25.4 Å². The van der Waals surface area contributed by atoms with Gasteiger partial charge in [-0.05, 0) is 31.4 Å². The maximum absolute atomic E-state index is 11.7. The minimum atomic E-state index is -0.776. The third-order valence-electron chi connectivity index (χ3n) is 3.39. The van der Waals surface area contributed by atoms with E-state index in [1.165, 1.54) is 6.08 Å². The van der Waals surface area contributed by atoms with Gasteiger partial charge in [0.05, 0.1) is 11.6 Å². The molecule has 1 saturated carbocycles. The second-order valence-electron chi connectivity index (χ2n) is 4.77. The van der Waals surface area contributed by atoms with Crippen LogP contribution in [0.3, 0.4) is 0 Å². The van der Waals surface area contributed by atoms with Crippen LogP contribution in [0.15, 0.2) is 18.3 Å². The maximum Gasteiger partial charge on any atom is 0.306 e. The zero-order chi connectivity index (χ0) is 13.8. The molecule has 1 fully saturated rings. The van der Waals surface area contributed by atoms with Crippen LogP contribution in [-0.2, 0) is 16.6 Å². The zero-order valence-electron chi connectivity index (χ0n) is 10.7. The summed E-state index contributed by atoms with van der Waals surface area (Å²) in [7, 11) is 1.80. The molecule has 0 aromatic carbocycles. The minimum absolute atomic E-state index is 0.0372. The number of carboxylic acid groups (broad SMARTS) is 1. The summed E-state index contributed by atoms with van der Waals surface area (Å²) in [5.74, 6) is -1.30. The van der Waals surface area contributed by atoms with Crippen molar-refractivity contribution in [2.75, 3.05) is 0 Å². The standard InChI is InChI=1S/C13H17N3O3/c1-16-11(6-7-14-16)4-5-12(17)15-10-3-2-9(8-10)13(18)19/h4-7,9-10H,2-3,8H2,1H3,(H,15,17)(H,18,19)/b5-4+/t9-,10+/m1/s1. The number of carbonyl (C=O) groups is 2. The number of hydrogen-bond donors (Lipinski definition) is 2. The van der Waals surface area contributed by atoms with E-state index in [2.05, 4.69) is 10.4 Å². The number of aryl methyl sites for hydroxylation is 1. The first kappa shape index (κ1) is 13.3. The van der Waals surface area contributed by atoms with E-state index in [4.69, 9.17) is 5.11 Å². The van der Waals surface area contributed by atoms with Crippen molar-refractivity contribution in [1.82, 2.24) is 15.1 Å². The van der Waals surface area contributed by atoms with Gasteiger partial charge in [0.25, 0.3) is 0 Å². The third kappa shape index (κ3) is 3.43. The summed E-state index contributed by atoms with van der Waals surface area (Å²) in [6, 6.07) is 1.77. The first-order chi connectivity index (χ1) is 9.06. The first-order valence-corrected chi connectivity index (χ1v) is 6.25. The van der Waals surface area contributed by atoms with Crippen LogP contribution < -0.4 is 5.32 Å². The Morgan fingerprint density at radius 1 is 1.53 bits per heavy atom. The molecule has 0 spiro atoms. The van der Waals surface area contributed by atoms with Crippen LogP contribution in [0.4, 0.5) is 0 Å². The van der Waals surface area contributed by atoms with Crippen LogP contribution in [0.25, 0.3) is 6.08 Å². The Balaban J connectivity index is 1.84. The van der Waals surface area contributed by atoms with Gasteiger partial charge in [0.2, 0.25) is 5.91 Å². The monoisotopic (exact) mass is 263 g/mol. The first-order valence-electron chi connectivity index (χ1n) is 6.25. The summed E-state index contributed by atoms with van der Waals surface area (Å²) in [5.41, 5.74) is 0.838. The minimum Gasteiger partial charge on any atom is -0.481 e. The molecule has 1 aliphatic carbocycles. The smallest absolute Gasteiger partial charge is 0.306 e. The number of carboxylic acids is 1. The highest BCUT2D eigenvalue weighted by Gasteiger charge is 2.30. The summed E-state index contributed by atoms with van der Waals surface area (Å²) in [6.07, 6.45) is 6.66. The fourth-order valence-electron chi connectivity index (χ4n) is 2.29. The Morgan fingerprint density at radius 2 is 2.32 bits per heavy atom. The Bertz CT molecular complexity index is 507. The number of nitrogens with one attached hydrogen (secondary N) is 1. The number of carbonyl (C=O) groups excluding carboxylic acids is 1. The average Bonchev–Trinajstić information content (AvgIpc) is 2.96. The Labute approximate surface area is 111 Å². The predicted molar refractivity (Wildman–Crippen MR) is 69.1 cm³/mol. The Morgan fingerprint density at radius 3 is 2.89 bits per heavy atom. The number of aromatic nitrogens is 2. The molecule has 19 heavy (non-hydrogen) atoms. The van der Waals surface area contributed by atoms with E-state index in [1.54, 1.807) is 30.1 Å². The summed E-state index contributed by atoms with van der Waals surface area (Å²) < 4.78 is 1.67. The second-order valence-corrected chi connectivity index (χ2v) is 4.77. The van der Waals surface area contributed by atoms with Gasteiger partial charge in [-0.2, -0.15) is 5.10 Å². The van der Waals surface area contributed by atoms with E-state index >= 15 is 0 Å². The normalized spacial score (nSPS) is 22.8. The highest BCUT2D eigenvalue weighted by atomic mass is 16.4. The lowest BCUT2D eigenvalue weighted by molar-refractivity contribution is -0.141. The van der Waals surface area contributed by atoms with Crippen LogP contribution >= 0.6 is 0 Å². The molecule has 2 N–H and O–H groups in total. The van der Waals surface area contributed by atoms with Crippen molar-refractivity contribution in [3.8, 4) is 0 Å². The quantitative estimate of drug-likeness (QED) is 0.787. The van der Waals surface area contributed by atoms with Gasteiger partial charge < -0.3 is 10.4 Å². The molecule has 6 nitrogen and oxygen atoms in total. The highest BCUT2D eigenvalue weighted by molar-refractivity contribution is 5.91. The molecule has 1 amide bonds. The number of aliphatic carboxylic acids is 1. The molecule has 1 aromatic rings. The van der Waals surface area contributed by atoms with E-state index in [9.17, 15) is 9.59 Å². The van der Waals surface area contributed by atoms with Crippen molar-refractivity contribution >= 4 is 18.0 Å². The number of rotatable bonds is 4. The lowest BCUT2D eigenvalue weighted by Crippen LogP contribution is -2.31. The molecule has 0 bridgehead atoms. The van der Waals surface area contributed by atoms with Crippen molar-refractivity contribution in [2.45, 2.75) is 25.3 Å². The number of hydrogen-bond acceptors (Lipinski definition) is 3. The molecule has 1 heterocycles. The Hall–Kier alpha value is -2.11. The van der Waals surface area contributed by atoms with Gasteiger partial charge in [-0.1, -0.05) is 0 Å². The molecule has 0 radical (unpaired) electrons. The average molecular weight is 263 g/mol. The van der Waals surface area contributed by atoms with Gasteiger partial charge in [-0.3, -0.25) is 14.3 Å². The molecule has 1 aliphatic rings. The fraction of sp³-hybridized carbons (Fsp3) is 0.462. The molecule has 2 atom stereocenters. The van der Waals surface area contributed by atoms with E-state index in [0.717, 1.165) is 12.1 Å². The molecule has 6 heteroatoms. The maximum atomic E-state index is 11.7. The van der Waals surface area contributed by atoms with E-state index in [0.29, 0.717) is 12.8 Å². The van der Waals surface area contributed by atoms with Gasteiger partial charge in [0.1, 0.15) is 0 Å². The van der Waals surface area contributed by atoms with Crippen molar-refractivity contribution < 1.29 is 14.7 Å². The molecular formula is C13H17N3O3. The zero-order valence-corrected chi connectivity index (χ0v) is 10.7. The topological polar surface area (TPSA) is 84.2 Å². The van der Waals surface area contributed by atoms with Gasteiger partial charge >= 0.3 is 5.97 Å². The van der Waals surface area contributed by atoms with Crippen LogP contribution in [-0.4, -0.2) is 32.8 Å². The predicted octanol–water partition coefficient (Wildman–Crippen LogP) is 0.803. The molecule has 0 saturated heterocycles. The van der Waals surface area contributed by atoms with Crippen molar-refractivity contribution in [3.05, 3.63) is 24.0 Å². The highest BCUT2D eigenvalue weighted by Crippen LogP contribution is 2.25. The summed E-state index contributed by atoms with van der Waals surface area (Å²) in [5, 5.41) is 15.7. The number of nitrogens with zero attached hydrogens (tertiary/aromatic N) is 2. The summed E-state index contributed by atoms with van der Waals surface area (Å²) in [4.78, 5) is 22.5. The van der Waals surface area contributed by atoms with Crippen LogP contribution in [0.2, 0.25) is 0 Å². The van der Waals surface area contributed by atoms with Crippen LogP contribution in [0.1, 0.15) is 25.0 Å². The Kier molecular flexibility index (Phi) is 3.99. The molecule has 102 valence electrons. The van der Waals surface area contributed by atoms with E-state index in [1.807, 2.05) is 0 Å². The summed E-state index contributed by atoms with van der Waals surface area (Å²) >= 11 is 0. The third-order valence-corrected chi connectivity index (χ3v) is 3.39. The second kappa shape index (κ2) is 5.69. The molecule has 2 rings (SSSR count). The molecular weight excluding hydrogens is 246 g/mol. The van der Waals surface area contributed by atoms with Crippen LogP contribution in [0.5, 0.6) is 0 Å². The lowest BCUT2D eigenvalue weighted by Gasteiger charge is -2.10. The molecule has 0 aliphatic heterocycles. The largest absolute Gasteiger partial charge is 0.481 e. The SMILES string of the molecule is Cn1nccc1/C=C/C(=O)N[C@H]1CC[C@@H](C(=O)O)C1. The summed E-state index contributed by atoms with van der Waals surface area (Å²) in [6.45, 7) is 0. The fourth-order valence-corrected chi connectivity index (χ4v) is 2.29.